The summed E-state index contributed by atoms with van der Waals surface area (Å²) < 4.78 is 47.7. The van der Waals surface area contributed by atoms with E-state index in [1.807, 2.05) is 0 Å². The van der Waals surface area contributed by atoms with E-state index in [9.17, 15) is 13.2 Å². The number of imidazole rings is 1. The Morgan fingerprint density at radius 2 is 2.06 bits per heavy atom. The van der Waals surface area contributed by atoms with Crippen LogP contribution in [0.15, 0.2) is 53.7 Å². The summed E-state index contributed by atoms with van der Waals surface area (Å²) in [5, 5.41) is 12.7. The maximum atomic E-state index is 13.6. The van der Waals surface area contributed by atoms with Gasteiger partial charge in [-0.25, -0.2) is 19.5 Å². The normalized spacial score (nSPS) is 16.3. The number of alkyl halides is 3. The van der Waals surface area contributed by atoms with Crippen molar-refractivity contribution in [2.24, 2.45) is 0 Å². The Bertz CT molecular complexity index is 1440. The fourth-order valence-electron chi connectivity index (χ4n) is 4.04. The van der Waals surface area contributed by atoms with Crippen LogP contribution in [-0.4, -0.2) is 46.3 Å². The van der Waals surface area contributed by atoms with Crippen molar-refractivity contribution in [3.63, 3.8) is 0 Å². The van der Waals surface area contributed by atoms with Crippen molar-refractivity contribution < 1.29 is 17.6 Å². The van der Waals surface area contributed by atoms with E-state index in [1.54, 1.807) is 23.5 Å². The van der Waals surface area contributed by atoms with Crippen LogP contribution in [0.4, 0.5) is 19.2 Å². The van der Waals surface area contributed by atoms with Crippen LogP contribution in [0.2, 0.25) is 0 Å². The summed E-state index contributed by atoms with van der Waals surface area (Å²) in [6, 6.07) is 4.97. The lowest BCUT2D eigenvalue weighted by atomic mass is 10.00. The second kappa shape index (κ2) is 7.12. The fourth-order valence-corrected chi connectivity index (χ4v) is 4.04. The number of halogens is 3. The van der Waals surface area contributed by atoms with Crippen LogP contribution in [0, 0.1) is 0 Å². The Morgan fingerprint density at radius 1 is 1.15 bits per heavy atom. The molecule has 0 aliphatic carbocycles. The monoisotopic (exact) mass is 453 g/mol. The molecule has 0 unspecified atom stereocenters. The maximum absolute atomic E-state index is 13.6. The van der Waals surface area contributed by atoms with Crippen molar-refractivity contribution in [2.75, 3.05) is 11.4 Å². The van der Waals surface area contributed by atoms with E-state index in [2.05, 4.69) is 35.2 Å². The first-order chi connectivity index (χ1) is 16.0. The molecule has 1 aliphatic rings. The Labute approximate surface area is 183 Å². The number of aromatic amines is 1. The number of pyridine rings is 1. The van der Waals surface area contributed by atoms with Crippen LogP contribution in [0.1, 0.15) is 28.7 Å². The Balaban J connectivity index is 1.47. The van der Waals surface area contributed by atoms with Crippen LogP contribution in [0.3, 0.4) is 0 Å². The van der Waals surface area contributed by atoms with Crippen LogP contribution < -0.4 is 4.90 Å². The van der Waals surface area contributed by atoms with E-state index < -0.39 is 17.8 Å². The van der Waals surface area contributed by atoms with Crippen molar-refractivity contribution in [1.82, 2.24) is 39.7 Å². The topological polar surface area (TPSA) is 114 Å². The van der Waals surface area contributed by atoms with E-state index in [0.29, 0.717) is 30.0 Å². The molecule has 0 spiro atoms. The average molecular weight is 453 g/mol. The van der Waals surface area contributed by atoms with Gasteiger partial charge in [0.2, 0.25) is 0 Å². The molecule has 6 rings (SSSR count). The van der Waals surface area contributed by atoms with Gasteiger partial charge in [-0.1, -0.05) is 5.10 Å². The molecule has 0 saturated carbocycles. The molecule has 1 atom stereocenters. The molecule has 1 N–H and O–H groups in total. The van der Waals surface area contributed by atoms with Gasteiger partial charge in [0.1, 0.15) is 18.1 Å². The highest BCUT2D eigenvalue weighted by molar-refractivity contribution is 5.59. The van der Waals surface area contributed by atoms with Crippen LogP contribution in [0.5, 0.6) is 0 Å². The molecule has 0 fully saturated rings. The van der Waals surface area contributed by atoms with Gasteiger partial charge in [-0.05, 0) is 24.3 Å². The molecule has 166 valence electrons. The number of hydrogen-bond donors (Lipinski definition) is 1. The molecule has 0 radical (unpaired) electrons. The van der Waals surface area contributed by atoms with E-state index in [0.717, 1.165) is 11.8 Å². The molecule has 0 amide bonds. The molecule has 5 aromatic rings. The second-order valence-electron chi connectivity index (χ2n) is 7.42. The number of hydrogen-bond acceptors (Lipinski definition) is 8. The molecular formula is C20H14F3N9O. The number of aromatic nitrogens is 8. The third-order valence-corrected chi connectivity index (χ3v) is 5.49. The lowest BCUT2D eigenvalue weighted by Crippen LogP contribution is -2.36. The predicted octanol–water partition coefficient (Wildman–Crippen LogP) is 3.07. The van der Waals surface area contributed by atoms with Gasteiger partial charge in [-0.3, -0.25) is 0 Å². The standard InChI is InChI=1S/C20H14F3N9O/c21-20(22,23)11-2-1-6-32-15(11)8-14(30-32)17-16-12(26-10-27-16)4-7-31(17)19-29-28-18(33-19)13-3-5-24-9-25-13/h1-3,5-6,8-10,17H,4,7H2,(H,26,27)/t17-/m1/s1. The summed E-state index contributed by atoms with van der Waals surface area (Å²) in [6.07, 6.45) is 2.06. The first kappa shape index (κ1) is 19.4. The van der Waals surface area contributed by atoms with Crippen LogP contribution >= 0.6 is 0 Å². The van der Waals surface area contributed by atoms with Gasteiger partial charge in [-0.15, -0.1) is 5.10 Å². The number of H-pyrrole nitrogens is 1. The van der Waals surface area contributed by atoms with Crippen molar-refractivity contribution in [3.8, 4) is 11.6 Å². The summed E-state index contributed by atoms with van der Waals surface area (Å²) >= 11 is 0. The molecule has 33 heavy (non-hydrogen) atoms. The molecule has 0 bridgehead atoms. The first-order valence-electron chi connectivity index (χ1n) is 9.93. The minimum atomic E-state index is -4.51. The maximum Gasteiger partial charge on any atom is 0.418 e. The van der Waals surface area contributed by atoms with Crippen LogP contribution in [0.25, 0.3) is 17.1 Å². The van der Waals surface area contributed by atoms with Crippen molar-refractivity contribution in [3.05, 3.63) is 72.0 Å². The molecule has 0 aromatic carbocycles. The quantitative estimate of drug-likeness (QED) is 0.443. The summed E-state index contributed by atoms with van der Waals surface area (Å²) in [5.74, 6) is 0.202. The van der Waals surface area contributed by atoms with E-state index >= 15 is 0 Å². The van der Waals surface area contributed by atoms with E-state index in [1.165, 1.54) is 29.2 Å². The zero-order valence-electron chi connectivity index (χ0n) is 16.7. The second-order valence-corrected chi connectivity index (χ2v) is 7.42. The summed E-state index contributed by atoms with van der Waals surface area (Å²) in [6.45, 7) is 0.464. The largest absolute Gasteiger partial charge is 0.418 e. The van der Waals surface area contributed by atoms with Gasteiger partial charge < -0.3 is 14.3 Å². The summed E-state index contributed by atoms with van der Waals surface area (Å²) in [5.41, 5.74) is 1.54. The minimum absolute atomic E-state index is 0.0465. The van der Waals surface area contributed by atoms with Crippen molar-refractivity contribution >= 4 is 11.5 Å². The number of nitrogens with zero attached hydrogens (tertiary/aromatic N) is 8. The molecule has 1 aliphatic heterocycles. The smallest absolute Gasteiger partial charge is 0.402 e. The van der Waals surface area contributed by atoms with E-state index in [-0.39, 0.29) is 17.4 Å². The van der Waals surface area contributed by atoms with Gasteiger partial charge in [0.15, 0.2) is 0 Å². The number of anilines is 1. The molecule has 0 saturated heterocycles. The predicted molar refractivity (Wildman–Crippen MR) is 107 cm³/mol. The van der Waals surface area contributed by atoms with Gasteiger partial charge in [0.25, 0.3) is 5.89 Å². The Kier molecular flexibility index (Phi) is 4.18. The number of nitrogens with one attached hydrogen (secondary N) is 1. The Hall–Kier alpha value is -4.29. The highest BCUT2D eigenvalue weighted by Crippen LogP contribution is 2.38. The zero-order valence-corrected chi connectivity index (χ0v) is 16.7. The van der Waals surface area contributed by atoms with E-state index in [4.69, 9.17) is 4.42 Å². The molecule has 6 heterocycles. The fraction of sp³-hybridized carbons (Fsp3) is 0.200. The highest BCUT2D eigenvalue weighted by atomic mass is 19.4. The highest BCUT2D eigenvalue weighted by Gasteiger charge is 2.38. The van der Waals surface area contributed by atoms with Gasteiger partial charge in [-0.2, -0.15) is 18.3 Å². The number of fused-ring (bicyclic) bond motifs is 2. The van der Waals surface area contributed by atoms with Gasteiger partial charge >= 0.3 is 12.2 Å². The van der Waals surface area contributed by atoms with Crippen molar-refractivity contribution in [2.45, 2.75) is 18.6 Å². The molecular weight excluding hydrogens is 439 g/mol. The Morgan fingerprint density at radius 3 is 2.88 bits per heavy atom. The third kappa shape index (κ3) is 3.20. The SMILES string of the molecule is FC(F)(F)c1cccn2nc([C@@H]3c4nc[nH]c4CCN3c3nnc(-c4ccncn4)o3)cc12. The molecule has 5 aromatic heterocycles. The lowest BCUT2D eigenvalue weighted by Gasteiger charge is -2.32. The third-order valence-electron chi connectivity index (χ3n) is 5.49. The van der Waals surface area contributed by atoms with Crippen molar-refractivity contribution in [1.29, 1.82) is 0 Å². The average Bonchev–Trinajstić information content (AvgIpc) is 3.56. The number of rotatable bonds is 3. The first-order valence-corrected chi connectivity index (χ1v) is 9.93. The summed E-state index contributed by atoms with van der Waals surface area (Å²) in [4.78, 5) is 17.3. The zero-order chi connectivity index (χ0) is 22.6. The van der Waals surface area contributed by atoms with Crippen LogP contribution in [-0.2, 0) is 12.6 Å². The lowest BCUT2D eigenvalue weighted by molar-refractivity contribution is -0.136. The minimum Gasteiger partial charge on any atom is -0.402 e. The molecule has 10 nitrogen and oxygen atoms in total. The van der Waals surface area contributed by atoms with Gasteiger partial charge in [0, 0.05) is 31.1 Å². The van der Waals surface area contributed by atoms with Gasteiger partial charge in [0.05, 0.1) is 28.8 Å². The molecule has 13 heteroatoms. The summed E-state index contributed by atoms with van der Waals surface area (Å²) in [7, 11) is 0.